The molecule has 1 unspecified atom stereocenters. The number of ether oxygens (including phenoxy) is 2. The lowest BCUT2D eigenvalue weighted by Crippen LogP contribution is -2.49. The fourth-order valence-corrected chi connectivity index (χ4v) is 3.08. The van der Waals surface area contributed by atoms with Crippen LogP contribution in [0, 0.1) is 5.92 Å². The van der Waals surface area contributed by atoms with Crippen molar-refractivity contribution in [3.8, 4) is 0 Å². The van der Waals surface area contributed by atoms with Gasteiger partial charge < -0.3 is 20.1 Å². The van der Waals surface area contributed by atoms with E-state index in [4.69, 9.17) is 15.2 Å². The molecule has 6 nitrogen and oxygen atoms in total. The first kappa shape index (κ1) is 17.5. The summed E-state index contributed by atoms with van der Waals surface area (Å²) in [5.74, 6) is 0.648. The third-order valence-electron chi connectivity index (χ3n) is 4.27. The highest BCUT2D eigenvalue weighted by atomic mass is 16.6. The lowest BCUT2D eigenvalue weighted by molar-refractivity contribution is -0.0313. The highest BCUT2D eigenvalue weighted by Crippen LogP contribution is 2.21. The van der Waals surface area contributed by atoms with Crippen LogP contribution in [0.25, 0.3) is 0 Å². The molecule has 6 heteroatoms. The number of likely N-dealkylation sites (tertiary alicyclic amines) is 1. The van der Waals surface area contributed by atoms with Crippen molar-refractivity contribution in [2.24, 2.45) is 11.7 Å². The van der Waals surface area contributed by atoms with Crippen LogP contribution in [0.5, 0.6) is 0 Å². The average molecular weight is 313 g/mol. The van der Waals surface area contributed by atoms with E-state index >= 15 is 0 Å². The van der Waals surface area contributed by atoms with Gasteiger partial charge in [-0.25, -0.2) is 4.79 Å². The second-order valence-electron chi connectivity index (χ2n) is 7.40. The molecule has 2 rings (SSSR count). The van der Waals surface area contributed by atoms with Gasteiger partial charge in [-0.05, 0) is 39.5 Å². The predicted octanol–water partition coefficient (Wildman–Crippen LogP) is 1.29. The lowest BCUT2D eigenvalue weighted by atomic mass is 9.96. The smallest absolute Gasteiger partial charge is 0.410 e. The average Bonchev–Trinajstić information content (AvgIpc) is 2.46. The van der Waals surface area contributed by atoms with Crippen molar-refractivity contribution in [2.75, 3.05) is 45.9 Å². The highest BCUT2D eigenvalue weighted by molar-refractivity contribution is 5.68. The Balaban J connectivity index is 1.72. The number of nitrogens with two attached hydrogens (primary N) is 1. The summed E-state index contributed by atoms with van der Waals surface area (Å²) in [5.41, 5.74) is 5.27. The number of carbonyl (C=O) groups is 1. The zero-order valence-electron chi connectivity index (χ0n) is 14.2. The summed E-state index contributed by atoms with van der Waals surface area (Å²) in [6.45, 7) is 11.7. The molecule has 2 N–H and O–H groups in total. The van der Waals surface area contributed by atoms with E-state index < -0.39 is 5.60 Å². The Morgan fingerprint density at radius 2 is 1.95 bits per heavy atom. The van der Waals surface area contributed by atoms with Crippen molar-refractivity contribution in [3.63, 3.8) is 0 Å². The molecule has 0 aliphatic carbocycles. The van der Waals surface area contributed by atoms with Gasteiger partial charge in [-0.1, -0.05) is 0 Å². The Labute approximate surface area is 133 Å². The molecule has 0 bridgehead atoms. The predicted molar refractivity (Wildman–Crippen MR) is 85.8 cm³/mol. The van der Waals surface area contributed by atoms with E-state index in [1.807, 2.05) is 25.7 Å². The SMILES string of the molecule is CC(C)(C)OC(=O)N1CCC(CN2CCOC(CN)C2)CC1. The Hall–Kier alpha value is -0.850. The number of amides is 1. The van der Waals surface area contributed by atoms with Crippen LogP contribution in [0.2, 0.25) is 0 Å². The molecular weight excluding hydrogens is 282 g/mol. The standard InChI is InChI=1S/C16H31N3O3/c1-16(2,3)22-15(20)19-6-4-13(5-7-19)11-18-8-9-21-14(10-17)12-18/h13-14H,4-12,17H2,1-3H3. The van der Waals surface area contributed by atoms with Crippen molar-refractivity contribution < 1.29 is 14.3 Å². The number of nitrogens with zero attached hydrogens (tertiary/aromatic N) is 2. The number of morpholine rings is 1. The van der Waals surface area contributed by atoms with Gasteiger partial charge in [0, 0.05) is 39.3 Å². The molecule has 1 amide bonds. The van der Waals surface area contributed by atoms with Crippen LogP contribution < -0.4 is 5.73 Å². The third kappa shape index (κ3) is 5.41. The minimum Gasteiger partial charge on any atom is -0.444 e. The molecule has 0 aromatic carbocycles. The van der Waals surface area contributed by atoms with E-state index in [2.05, 4.69) is 4.90 Å². The summed E-state index contributed by atoms with van der Waals surface area (Å²) in [4.78, 5) is 16.3. The zero-order chi connectivity index (χ0) is 16.2. The molecule has 0 aromatic heterocycles. The largest absolute Gasteiger partial charge is 0.444 e. The monoisotopic (exact) mass is 313 g/mol. The van der Waals surface area contributed by atoms with Crippen molar-refractivity contribution >= 4 is 6.09 Å². The lowest BCUT2D eigenvalue weighted by Gasteiger charge is -2.38. The van der Waals surface area contributed by atoms with Gasteiger partial charge in [0.25, 0.3) is 0 Å². The summed E-state index contributed by atoms with van der Waals surface area (Å²) in [5, 5.41) is 0. The van der Waals surface area contributed by atoms with Crippen LogP contribution in [0.3, 0.4) is 0 Å². The van der Waals surface area contributed by atoms with Gasteiger partial charge in [0.05, 0.1) is 12.7 Å². The normalized spacial score (nSPS) is 25.3. The van der Waals surface area contributed by atoms with Crippen molar-refractivity contribution in [2.45, 2.75) is 45.3 Å². The van der Waals surface area contributed by atoms with Crippen molar-refractivity contribution in [1.29, 1.82) is 0 Å². The van der Waals surface area contributed by atoms with E-state index in [0.717, 1.165) is 52.2 Å². The molecule has 2 heterocycles. The maximum Gasteiger partial charge on any atom is 0.410 e. The second kappa shape index (κ2) is 7.62. The van der Waals surface area contributed by atoms with Gasteiger partial charge in [-0.3, -0.25) is 4.90 Å². The highest BCUT2D eigenvalue weighted by Gasteiger charge is 2.28. The van der Waals surface area contributed by atoms with Crippen LogP contribution in [-0.2, 0) is 9.47 Å². The van der Waals surface area contributed by atoms with Gasteiger partial charge in [0.1, 0.15) is 5.60 Å². The van der Waals surface area contributed by atoms with Crippen LogP contribution >= 0.6 is 0 Å². The van der Waals surface area contributed by atoms with Crippen LogP contribution in [0.15, 0.2) is 0 Å². The van der Waals surface area contributed by atoms with E-state index in [0.29, 0.717) is 12.5 Å². The quantitative estimate of drug-likeness (QED) is 0.850. The minimum absolute atomic E-state index is 0.176. The third-order valence-corrected chi connectivity index (χ3v) is 4.27. The molecule has 2 fully saturated rings. The van der Waals surface area contributed by atoms with E-state index in [1.165, 1.54) is 0 Å². The molecule has 22 heavy (non-hydrogen) atoms. The van der Waals surface area contributed by atoms with Crippen LogP contribution in [0.1, 0.15) is 33.6 Å². The summed E-state index contributed by atoms with van der Waals surface area (Å²) in [6.07, 6.45) is 2.09. The number of carbonyl (C=O) groups excluding carboxylic acids is 1. The van der Waals surface area contributed by atoms with Crippen molar-refractivity contribution in [1.82, 2.24) is 9.80 Å². The van der Waals surface area contributed by atoms with Crippen LogP contribution in [-0.4, -0.2) is 73.5 Å². The maximum atomic E-state index is 12.1. The van der Waals surface area contributed by atoms with Gasteiger partial charge in [-0.2, -0.15) is 0 Å². The zero-order valence-corrected chi connectivity index (χ0v) is 14.2. The van der Waals surface area contributed by atoms with Gasteiger partial charge in [-0.15, -0.1) is 0 Å². The Morgan fingerprint density at radius 3 is 2.55 bits per heavy atom. The van der Waals surface area contributed by atoms with Crippen LogP contribution in [0.4, 0.5) is 4.79 Å². The Morgan fingerprint density at radius 1 is 1.27 bits per heavy atom. The summed E-state index contributed by atoms with van der Waals surface area (Å²) in [7, 11) is 0. The molecule has 2 saturated heterocycles. The van der Waals surface area contributed by atoms with Gasteiger partial charge in [0.15, 0.2) is 0 Å². The summed E-state index contributed by atoms with van der Waals surface area (Å²) in [6, 6.07) is 0. The minimum atomic E-state index is -0.418. The summed E-state index contributed by atoms with van der Waals surface area (Å²) < 4.78 is 11.0. The maximum absolute atomic E-state index is 12.1. The van der Waals surface area contributed by atoms with E-state index in [9.17, 15) is 4.79 Å². The molecule has 0 spiro atoms. The van der Waals surface area contributed by atoms with Gasteiger partial charge >= 0.3 is 6.09 Å². The first-order valence-electron chi connectivity index (χ1n) is 8.39. The Bertz CT molecular complexity index is 362. The second-order valence-corrected chi connectivity index (χ2v) is 7.40. The first-order chi connectivity index (χ1) is 10.4. The number of hydrogen-bond donors (Lipinski definition) is 1. The topological polar surface area (TPSA) is 68.0 Å². The molecule has 1 atom stereocenters. The molecule has 0 aromatic rings. The summed E-state index contributed by atoms with van der Waals surface area (Å²) >= 11 is 0. The molecule has 2 aliphatic rings. The fourth-order valence-electron chi connectivity index (χ4n) is 3.08. The first-order valence-corrected chi connectivity index (χ1v) is 8.39. The number of hydrogen-bond acceptors (Lipinski definition) is 5. The Kier molecular flexibility index (Phi) is 6.06. The fraction of sp³-hybridized carbons (Fsp3) is 0.938. The molecule has 0 radical (unpaired) electrons. The van der Waals surface area contributed by atoms with Gasteiger partial charge in [0.2, 0.25) is 0 Å². The number of rotatable bonds is 3. The molecule has 2 aliphatic heterocycles. The van der Waals surface area contributed by atoms with E-state index in [-0.39, 0.29) is 12.2 Å². The number of piperidine rings is 1. The molecule has 0 saturated carbocycles. The van der Waals surface area contributed by atoms with Crippen molar-refractivity contribution in [3.05, 3.63) is 0 Å². The van der Waals surface area contributed by atoms with E-state index in [1.54, 1.807) is 0 Å². The molecule has 128 valence electrons. The molecular formula is C16H31N3O3.